The summed E-state index contributed by atoms with van der Waals surface area (Å²) in [6, 6.07) is 10.4. The average molecular weight is 410 g/mol. The van der Waals surface area contributed by atoms with E-state index in [0.29, 0.717) is 24.2 Å². The van der Waals surface area contributed by atoms with Crippen LogP contribution >= 0.6 is 0 Å². The van der Waals surface area contributed by atoms with Crippen molar-refractivity contribution in [3.63, 3.8) is 0 Å². The summed E-state index contributed by atoms with van der Waals surface area (Å²) in [5, 5.41) is -0.0559. The number of likely N-dealkylation sites (tertiary alicyclic amines) is 1. The van der Waals surface area contributed by atoms with Crippen LogP contribution in [0.2, 0.25) is 0 Å². The Labute approximate surface area is 171 Å². The summed E-state index contributed by atoms with van der Waals surface area (Å²) in [4.78, 5) is 45.4. The van der Waals surface area contributed by atoms with E-state index in [2.05, 4.69) is 9.97 Å². The first-order valence-electron chi connectivity index (χ1n) is 9.46. The molecule has 3 aromatic rings. The van der Waals surface area contributed by atoms with Gasteiger partial charge in [0, 0.05) is 18.7 Å². The fourth-order valence-electron chi connectivity index (χ4n) is 3.46. The molecule has 0 atom stereocenters. The molecule has 1 fully saturated rings. The fourth-order valence-corrected chi connectivity index (χ4v) is 3.46. The van der Waals surface area contributed by atoms with Crippen molar-refractivity contribution in [2.24, 2.45) is 0 Å². The van der Waals surface area contributed by atoms with Gasteiger partial charge in [0.1, 0.15) is 5.52 Å². The molecule has 0 spiro atoms. The van der Waals surface area contributed by atoms with Gasteiger partial charge in [0.2, 0.25) is 0 Å². The maximum absolute atomic E-state index is 14.7. The van der Waals surface area contributed by atoms with Crippen LogP contribution in [0.4, 0.5) is 10.2 Å². The molecule has 1 saturated heterocycles. The van der Waals surface area contributed by atoms with E-state index in [0.717, 1.165) is 12.8 Å². The van der Waals surface area contributed by atoms with Crippen molar-refractivity contribution in [1.29, 1.82) is 0 Å². The van der Waals surface area contributed by atoms with Crippen molar-refractivity contribution < 1.29 is 23.6 Å². The van der Waals surface area contributed by atoms with Crippen molar-refractivity contribution in [2.75, 3.05) is 25.3 Å². The number of hydrogen-bond donors (Lipinski definition) is 1. The fraction of sp³-hybridized carbons (Fsp3) is 0.238. The van der Waals surface area contributed by atoms with E-state index in [1.165, 1.54) is 37.4 Å². The molecule has 0 saturated carbocycles. The maximum Gasteiger partial charge on any atom is 0.340 e. The molecule has 1 aliphatic rings. The number of rotatable bonds is 4. The third-order valence-electron chi connectivity index (χ3n) is 5.03. The number of para-hydroxylation sites is 1. The topological polar surface area (TPSA) is 95.6 Å². The summed E-state index contributed by atoms with van der Waals surface area (Å²) in [5.41, 5.74) is 1.19. The molecule has 8 nitrogen and oxygen atoms in total. The Morgan fingerprint density at radius 2 is 1.80 bits per heavy atom. The molecule has 0 unspecified atom stereocenters. The molecule has 4 rings (SSSR count). The standard InChI is InChI=1S/C21H19FN4O4/c1-30-21(29)15-5-4-6-16-17(15)24-18(23-16)20(28)26(22)14-9-7-13(8-10-14)19(27)25-11-2-3-12-25/h4-10H,2-3,11-12H2,1H3,(H,23,24). The third-order valence-corrected chi connectivity index (χ3v) is 5.03. The van der Waals surface area contributed by atoms with Crippen LogP contribution in [0.5, 0.6) is 0 Å². The quantitative estimate of drug-likeness (QED) is 0.527. The Bertz CT molecular complexity index is 1120. The summed E-state index contributed by atoms with van der Waals surface area (Å²) >= 11 is 0. The first kappa shape index (κ1) is 19.6. The van der Waals surface area contributed by atoms with Gasteiger partial charge in [-0.3, -0.25) is 9.59 Å². The monoisotopic (exact) mass is 410 g/mol. The van der Waals surface area contributed by atoms with Crippen LogP contribution in [0.15, 0.2) is 42.5 Å². The molecular formula is C21H19FN4O4. The average Bonchev–Trinajstić information content (AvgIpc) is 3.47. The summed E-state index contributed by atoms with van der Waals surface area (Å²) in [5.74, 6) is -2.01. The number of aromatic nitrogens is 2. The second kappa shape index (κ2) is 7.94. The van der Waals surface area contributed by atoms with Crippen LogP contribution in [0.3, 0.4) is 0 Å². The first-order valence-corrected chi connectivity index (χ1v) is 9.46. The zero-order valence-electron chi connectivity index (χ0n) is 16.2. The lowest BCUT2D eigenvalue weighted by Crippen LogP contribution is -2.27. The van der Waals surface area contributed by atoms with Gasteiger partial charge in [-0.05, 0) is 49.2 Å². The van der Waals surface area contributed by atoms with Gasteiger partial charge in [-0.15, -0.1) is 5.12 Å². The Morgan fingerprint density at radius 3 is 2.47 bits per heavy atom. The second-order valence-corrected chi connectivity index (χ2v) is 6.91. The molecule has 0 aliphatic carbocycles. The molecule has 2 heterocycles. The highest BCUT2D eigenvalue weighted by Gasteiger charge is 2.24. The van der Waals surface area contributed by atoms with E-state index in [1.54, 1.807) is 17.0 Å². The number of esters is 1. The van der Waals surface area contributed by atoms with E-state index in [1.807, 2.05) is 0 Å². The minimum atomic E-state index is -1.03. The Kier molecular flexibility index (Phi) is 5.18. The molecule has 1 N–H and O–H groups in total. The number of aromatic amines is 1. The minimum Gasteiger partial charge on any atom is -0.465 e. The lowest BCUT2D eigenvalue weighted by atomic mass is 10.2. The number of fused-ring (bicyclic) bond motifs is 1. The number of nitrogens with zero attached hydrogens (tertiary/aromatic N) is 3. The molecule has 154 valence electrons. The van der Waals surface area contributed by atoms with Crippen molar-refractivity contribution in [3.05, 3.63) is 59.4 Å². The Hall–Kier alpha value is -3.75. The normalized spacial score (nSPS) is 13.5. The number of hydrogen-bond acceptors (Lipinski definition) is 5. The van der Waals surface area contributed by atoms with Crippen LogP contribution in [0, 0.1) is 0 Å². The Morgan fingerprint density at radius 1 is 1.10 bits per heavy atom. The lowest BCUT2D eigenvalue weighted by molar-refractivity contribution is 0.0602. The number of nitrogens with one attached hydrogen (secondary N) is 1. The summed E-state index contributed by atoms with van der Waals surface area (Å²) in [6.45, 7) is 1.43. The minimum absolute atomic E-state index is 0.0355. The maximum atomic E-state index is 14.7. The second-order valence-electron chi connectivity index (χ2n) is 6.91. The number of H-pyrrole nitrogens is 1. The van der Waals surface area contributed by atoms with E-state index in [9.17, 15) is 18.9 Å². The summed E-state index contributed by atoms with van der Waals surface area (Å²) in [7, 11) is 1.24. The summed E-state index contributed by atoms with van der Waals surface area (Å²) in [6.07, 6.45) is 1.96. The number of ether oxygens (including phenoxy) is 1. The van der Waals surface area contributed by atoms with Gasteiger partial charge >= 0.3 is 11.9 Å². The number of halogens is 1. The molecule has 1 aromatic heterocycles. The Balaban J connectivity index is 1.56. The zero-order valence-corrected chi connectivity index (χ0v) is 16.2. The van der Waals surface area contributed by atoms with E-state index in [4.69, 9.17) is 4.74 Å². The van der Waals surface area contributed by atoms with Crippen LogP contribution in [0.25, 0.3) is 11.0 Å². The summed E-state index contributed by atoms with van der Waals surface area (Å²) < 4.78 is 19.4. The highest BCUT2D eigenvalue weighted by Crippen LogP contribution is 2.22. The molecular weight excluding hydrogens is 391 g/mol. The van der Waals surface area contributed by atoms with Crippen molar-refractivity contribution in [1.82, 2.24) is 14.9 Å². The lowest BCUT2D eigenvalue weighted by Gasteiger charge is -2.16. The van der Waals surface area contributed by atoms with Gasteiger partial charge in [0.05, 0.1) is 23.9 Å². The predicted molar refractivity (Wildman–Crippen MR) is 107 cm³/mol. The molecule has 2 aromatic carbocycles. The van der Waals surface area contributed by atoms with Gasteiger partial charge in [-0.25, -0.2) is 9.78 Å². The first-order chi connectivity index (χ1) is 14.5. The van der Waals surface area contributed by atoms with Gasteiger partial charge in [-0.1, -0.05) is 10.5 Å². The van der Waals surface area contributed by atoms with Gasteiger partial charge in [-0.2, -0.15) is 0 Å². The molecule has 9 heteroatoms. The number of anilines is 1. The molecule has 30 heavy (non-hydrogen) atoms. The van der Waals surface area contributed by atoms with Crippen molar-refractivity contribution in [2.45, 2.75) is 12.8 Å². The highest BCUT2D eigenvalue weighted by atomic mass is 19.2. The number of methoxy groups -OCH3 is 1. The van der Waals surface area contributed by atoms with Gasteiger partial charge < -0.3 is 14.6 Å². The SMILES string of the molecule is COC(=O)c1cccc2[nH]c(C(=O)N(F)c3ccc(C(=O)N4CCCC4)cc3)nc12. The number of carbonyl (C=O) groups excluding carboxylic acids is 3. The number of benzene rings is 2. The molecule has 1 aliphatic heterocycles. The number of carbonyl (C=O) groups is 3. The molecule has 2 amide bonds. The molecule has 0 radical (unpaired) electrons. The van der Waals surface area contributed by atoms with Crippen LogP contribution < -0.4 is 5.12 Å². The van der Waals surface area contributed by atoms with Crippen LogP contribution in [-0.4, -0.2) is 52.9 Å². The zero-order chi connectivity index (χ0) is 21.3. The van der Waals surface area contributed by atoms with E-state index in [-0.39, 0.29) is 33.6 Å². The smallest absolute Gasteiger partial charge is 0.340 e. The van der Waals surface area contributed by atoms with Gasteiger partial charge in [0.15, 0.2) is 5.82 Å². The van der Waals surface area contributed by atoms with Crippen LogP contribution in [0.1, 0.15) is 44.2 Å². The largest absolute Gasteiger partial charge is 0.465 e. The third kappa shape index (κ3) is 3.49. The number of imidazole rings is 1. The van der Waals surface area contributed by atoms with E-state index < -0.39 is 11.9 Å². The van der Waals surface area contributed by atoms with Crippen molar-refractivity contribution >= 4 is 34.5 Å². The number of amides is 2. The molecule has 0 bridgehead atoms. The van der Waals surface area contributed by atoms with Crippen LogP contribution in [-0.2, 0) is 4.74 Å². The predicted octanol–water partition coefficient (Wildman–Crippen LogP) is 3.12. The van der Waals surface area contributed by atoms with Crippen molar-refractivity contribution in [3.8, 4) is 0 Å². The van der Waals surface area contributed by atoms with E-state index >= 15 is 0 Å². The highest BCUT2D eigenvalue weighted by molar-refractivity contribution is 6.07. The van der Waals surface area contributed by atoms with Gasteiger partial charge in [0.25, 0.3) is 5.91 Å².